The van der Waals surface area contributed by atoms with Crippen LogP contribution in [0, 0.1) is 0 Å². The van der Waals surface area contributed by atoms with Crippen LogP contribution in [0.4, 0.5) is 14.5 Å². The van der Waals surface area contributed by atoms with Gasteiger partial charge in [-0.3, -0.25) is 0 Å². The first-order chi connectivity index (χ1) is 8.55. The number of rotatable bonds is 1. The largest absolute Gasteiger partial charge is 0.368 e. The summed E-state index contributed by atoms with van der Waals surface area (Å²) in [6, 6.07) is 1.67. The third-order valence-electron chi connectivity index (χ3n) is 3.15. The zero-order valence-corrected chi connectivity index (χ0v) is 10.2. The molecule has 2 aromatic rings. The van der Waals surface area contributed by atoms with Gasteiger partial charge < -0.3 is 4.90 Å². The molecule has 3 rings (SSSR count). The van der Waals surface area contributed by atoms with Gasteiger partial charge in [0.15, 0.2) is 10.8 Å². The molecule has 4 nitrogen and oxygen atoms in total. The SMILES string of the molecule is FC1(F)CCN(c2cc(Cl)nn3ccnc23)CC1. The second-order valence-corrected chi connectivity index (χ2v) is 4.78. The lowest BCUT2D eigenvalue weighted by molar-refractivity contribution is -0.0220. The molecule has 18 heavy (non-hydrogen) atoms. The van der Waals surface area contributed by atoms with Gasteiger partial charge >= 0.3 is 0 Å². The van der Waals surface area contributed by atoms with E-state index in [0.717, 1.165) is 5.69 Å². The van der Waals surface area contributed by atoms with Crippen molar-refractivity contribution < 1.29 is 8.78 Å². The van der Waals surface area contributed by atoms with Crippen molar-refractivity contribution in [2.24, 2.45) is 0 Å². The first kappa shape index (κ1) is 11.6. The van der Waals surface area contributed by atoms with Crippen molar-refractivity contribution in [1.29, 1.82) is 0 Å². The van der Waals surface area contributed by atoms with E-state index >= 15 is 0 Å². The fourth-order valence-corrected chi connectivity index (χ4v) is 2.36. The fraction of sp³-hybridized carbons (Fsp3) is 0.455. The average Bonchev–Trinajstić information content (AvgIpc) is 2.76. The molecule has 1 aliphatic heterocycles. The highest BCUT2D eigenvalue weighted by atomic mass is 35.5. The highest BCUT2D eigenvalue weighted by Crippen LogP contribution is 2.32. The van der Waals surface area contributed by atoms with Crippen LogP contribution >= 0.6 is 11.6 Å². The first-order valence-corrected chi connectivity index (χ1v) is 6.06. The van der Waals surface area contributed by atoms with Crippen LogP contribution < -0.4 is 4.90 Å². The summed E-state index contributed by atoms with van der Waals surface area (Å²) in [4.78, 5) is 6.07. The van der Waals surface area contributed by atoms with Gasteiger partial charge in [0.1, 0.15) is 0 Å². The van der Waals surface area contributed by atoms with E-state index in [4.69, 9.17) is 11.6 Å². The Kier molecular flexibility index (Phi) is 2.62. The molecule has 0 unspecified atom stereocenters. The Bertz CT molecular complexity index is 573. The van der Waals surface area contributed by atoms with Crippen LogP contribution in [0.2, 0.25) is 5.15 Å². The van der Waals surface area contributed by atoms with Crippen molar-refractivity contribution in [3.8, 4) is 0 Å². The Morgan fingerprint density at radius 1 is 1.28 bits per heavy atom. The van der Waals surface area contributed by atoms with Crippen LogP contribution in [0.1, 0.15) is 12.8 Å². The van der Waals surface area contributed by atoms with E-state index in [9.17, 15) is 8.78 Å². The minimum Gasteiger partial charge on any atom is -0.368 e. The van der Waals surface area contributed by atoms with Gasteiger partial charge in [-0.2, -0.15) is 5.10 Å². The molecular formula is C11H11ClF2N4. The average molecular weight is 273 g/mol. The zero-order chi connectivity index (χ0) is 12.8. The molecule has 0 saturated carbocycles. The van der Waals surface area contributed by atoms with Crippen molar-refractivity contribution in [1.82, 2.24) is 14.6 Å². The maximum absolute atomic E-state index is 13.1. The monoisotopic (exact) mass is 272 g/mol. The Morgan fingerprint density at radius 3 is 2.72 bits per heavy atom. The molecular weight excluding hydrogens is 262 g/mol. The number of hydrogen-bond donors (Lipinski definition) is 0. The number of imidazole rings is 1. The molecule has 0 radical (unpaired) electrons. The van der Waals surface area contributed by atoms with E-state index < -0.39 is 5.92 Å². The molecule has 2 aromatic heterocycles. The molecule has 1 saturated heterocycles. The summed E-state index contributed by atoms with van der Waals surface area (Å²) in [5.41, 5.74) is 1.40. The number of aromatic nitrogens is 3. The molecule has 1 fully saturated rings. The molecule has 0 N–H and O–H groups in total. The smallest absolute Gasteiger partial charge is 0.251 e. The summed E-state index contributed by atoms with van der Waals surface area (Å²) in [6.45, 7) is 0.603. The van der Waals surface area contributed by atoms with Gasteiger partial charge in [0.2, 0.25) is 0 Å². The number of nitrogens with zero attached hydrogens (tertiary/aromatic N) is 4. The van der Waals surface area contributed by atoms with E-state index in [-0.39, 0.29) is 12.8 Å². The third kappa shape index (κ3) is 2.01. The van der Waals surface area contributed by atoms with Crippen molar-refractivity contribution >= 4 is 22.9 Å². The number of alkyl halides is 2. The van der Waals surface area contributed by atoms with Gasteiger partial charge in [0, 0.05) is 44.4 Å². The molecule has 7 heteroatoms. The Balaban J connectivity index is 1.97. The highest BCUT2D eigenvalue weighted by molar-refractivity contribution is 6.29. The predicted octanol–water partition coefficient (Wildman–Crippen LogP) is 2.62. The summed E-state index contributed by atoms with van der Waals surface area (Å²) in [5, 5.41) is 4.39. The van der Waals surface area contributed by atoms with Crippen LogP contribution in [0.25, 0.3) is 5.65 Å². The molecule has 1 aliphatic rings. The molecule has 0 aromatic carbocycles. The molecule has 0 atom stereocenters. The molecule has 96 valence electrons. The van der Waals surface area contributed by atoms with E-state index in [0.29, 0.717) is 23.9 Å². The summed E-state index contributed by atoms with van der Waals surface area (Å²) >= 11 is 5.92. The van der Waals surface area contributed by atoms with Crippen molar-refractivity contribution in [2.75, 3.05) is 18.0 Å². The van der Waals surface area contributed by atoms with E-state index in [1.54, 1.807) is 23.0 Å². The van der Waals surface area contributed by atoms with Crippen LogP contribution in [0.15, 0.2) is 18.5 Å². The van der Waals surface area contributed by atoms with Crippen molar-refractivity contribution in [2.45, 2.75) is 18.8 Å². The van der Waals surface area contributed by atoms with Crippen LogP contribution in [-0.2, 0) is 0 Å². The minimum atomic E-state index is -2.56. The number of anilines is 1. The summed E-state index contributed by atoms with van der Waals surface area (Å²) in [5.74, 6) is -2.56. The van der Waals surface area contributed by atoms with Gasteiger partial charge in [0.25, 0.3) is 5.92 Å². The molecule has 3 heterocycles. The minimum absolute atomic E-state index is 0.139. The summed E-state index contributed by atoms with van der Waals surface area (Å²) < 4.78 is 27.8. The number of fused-ring (bicyclic) bond motifs is 1. The number of piperidine rings is 1. The molecule has 0 aliphatic carbocycles. The van der Waals surface area contributed by atoms with Crippen molar-refractivity contribution in [3.63, 3.8) is 0 Å². The standard InChI is InChI=1S/C11H11ClF2N4/c12-9-7-8(10-15-3-6-18(10)16-9)17-4-1-11(13,14)2-5-17/h3,6-7H,1-2,4-5H2. The lowest BCUT2D eigenvalue weighted by Gasteiger charge is -2.33. The van der Waals surface area contributed by atoms with E-state index in [1.165, 1.54) is 0 Å². The van der Waals surface area contributed by atoms with Gasteiger partial charge in [-0.15, -0.1) is 0 Å². The Morgan fingerprint density at radius 2 is 2.00 bits per heavy atom. The van der Waals surface area contributed by atoms with Crippen LogP contribution in [0.5, 0.6) is 0 Å². The van der Waals surface area contributed by atoms with Crippen LogP contribution in [0.3, 0.4) is 0 Å². The molecule has 0 spiro atoms. The van der Waals surface area contributed by atoms with Crippen LogP contribution in [-0.4, -0.2) is 33.6 Å². The number of halogens is 3. The zero-order valence-electron chi connectivity index (χ0n) is 9.48. The van der Waals surface area contributed by atoms with E-state index in [2.05, 4.69) is 10.1 Å². The topological polar surface area (TPSA) is 33.4 Å². The maximum atomic E-state index is 13.1. The normalized spacial score (nSPS) is 19.4. The first-order valence-electron chi connectivity index (χ1n) is 5.68. The van der Waals surface area contributed by atoms with Gasteiger partial charge in [-0.25, -0.2) is 18.3 Å². The molecule has 0 bridgehead atoms. The van der Waals surface area contributed by atoms with E-state index in [1.807, 2.05) is 4.90 Å². The van der Waals surface area contributed by atoms with Crippen molar-refractivity contribution in [3.05, 3.63) is 23.6 Å². The predicted molar refractivity (Wildman–Crippen MR) is 64.4 cm³/mol. The summed E-state index contributed by atoms with van der Waals surface area (Å²) in [7, 11) is 0. The van der Waals surface area contributed by atoms with Gasteiger partial charge in [-0.1, -0.05) is 11.6 Å². The van der Waals surface area contributed by atoms with Gasteiger partial charge in [0.05, 0.1) is 5.69 Å². The lowest BCUT2D eigenvalue weighted by Crippen LogP contribution is -2.39. The Labute approximate surface area is 107 Å². The molecule has 0 amide bonds. The maximum Gasteiger partial charge on any atom is 0.251 e. The fourth-order valence-electron chi connectivity index (χ4n) is 2.18. The number of hydrogen-bond acceptors (Lipinski definition) is 3. The quantitative estimate of drug-likeness (QED) is 0.800. The third-order valence-corrected chi connectivity index (χ3v) is 3.33. The Hall–Kier alpha value is -1.43. The second kappa shape index (κ2) is 4.05. The highest BCUT2D eigenvalue weighted by Gasteiger charge is 2.34. The van der Waals surface area contributed by atoms with Gasteiger partial charge in [-0.05, 0) is 0 Å². The second-order valence-electron chi connectivity index (χ2n) is 4.39. The lowest BCUT2D eigenvalue weighted by atomic mass is 10.1. The summed E-state index contributed by atoms with van der Waals surface area (Å²) in [6.07, 6.45) is 3.02.